The number of halogens is 1. The number of hydrogen-bond donors (Lipinski definition) is 2. The number of carbonyl (C=O) groups is 1. The molecule has 0 spiro atoms. The SMILES string of the molecule is CC(C)CCCCCCNC(=O)C1CNCCO1.Cl. The second-order valence-corrected chi connectivity index (χ2v) is 5.45. The minimum atomic E-state index is -0.292. The summed E-state index contributed by atoms with van der Waals surface area (Å²) in [6.45, 7) is 7.42. The molecule has 1 fully saturated rings. The van der Waals surface area contributed by atoms with Crippen LogP contribution in [0, 0.1) is 5.92 Å². The fourth-order valence-electron chi connectivity index (χ4n) is 2.09. The van der Waals surface area contributed by atoms with Crippen molar-refractivity contribution in [2.45, 2.75) is 52.1 Å². The number of rotatable bonds is 8. The van der Waals surface area contributed by atoms with Crippen LogP contribution in [0.5, 0.6) is 0 Å². The normalized spacial score (nSPS) is 19.0. The average Bonchev–Trinajstić information content (AvgIpc) is 2.38. The summed E-state index contributed by atoms with van der Waals surface area (Å²) in [5, 5.41) is 6.11. The maximum absolute atomic E-state index is 11.7. The van der Waals surface area contributed by atoms with Gasteiger partial charge in [-0.2, -0.15) is 0 Å². The smallest absolute Gasteiger partial charge is 0.250 e. The molecule has 4 nitrogen and oxygen atoms in total. The van der Waals surface area contributed by atoms with Gasteiger partial charge in [0.15, 0.2) is 0 Å². The van der Waals surface area contributed by atoms with E-state index in [4.69, 9.17) is 4.74 Å². The Hall–Kier alpha value is -0.320. The van der Waals surface area contributed by atoms with Gasteiger partial charge in [-0.15, -0.1) is 12.4 Å². The van der Waals surface area contributed by atoms with Crippen molar-refractivity contribution < 1.29 is 9.53 Å². The molecule has 114 valence electrons. The van der Waals surface area contributed by atoms with Gasteiger partial charge >= 0.3 is 0 Å². The predicted molar refractivity (Wildman–Crippen MR) is 80.8 cm³/mol. The van der Waals surface area contributed by atoms with Crippen molar-refractivity contribution in [2.75, 3.05) is 26.2 Å². The zero-order valence-corrected chi connectivity index (χ0v) is 13.1. The fraction of sp³-hybridized carbons (Fsp3) is 0.929. The molecule has 1 atom stereocenters. The van der Waals surface area contributed by atoms with Crippen LogP contribution in [0.15, 0.2) is 0 Å². The third kappa shape index (κ3) is 9.25. The van der Waals surface area contributed by atoms with Crippen molar-refractivity contribution in [1.29, 1.82) is 0 Å². The Kier molecular flexibility index (Phi) is 11.3. The fourth-order valence-corrected chi connectivity index (χ4v) is 2.09. The minimum absolute atomic E-state index is 0. The topological polar surface area (TPSA) is 50.4 Å². The maximum Gasteiger partial charge on any atom is 0.250 e. The molecule has 0 aliphatic carbocycles. The Morgan fingerprint density at radius 3 is 2.68 bits per heavy atom. The van der Waals surface area contributed by atoms with Gasteiger partial charge < -0.3 is 15.4 Å². The summed E-state index contributed by atoms with van der Waals surface area (Å²) in [6.07, 6.45) is 5.88. The lowest BCUT2D eigenvalue weighted by Gasteiger charge is -2.22. The van der Waals surface area contributed by atoms with Gasteiger partial charge in [0.1, 0.15) is 6.10 Å². The summed E-state index contributed by atoms with van der Waals surface area (Å²) < 4.78 is 5.39. The summed E-state index contributed by atoms with van der Waals surface area (Å²) in [5.74, 6) is 0.838. The largest absolute Gasteiger partial charge is 0.366 e. The molecule has 1 saturated heterocycles. The number of unbranched alkanes of at least 4 members (excludes halogenated alkanes) is 3. The quantitative estimate of drug-likeness (QED) is 0.674. The van der Waals surface area contributed by atoms with Crippen molar-refractivity contribution in [3.8, 4) is 0 Å². The molecule has 1 amide bonds. The van der Waals surface area contributed by atoms with Crippen LogP contribution < -0.4 is 10.6 Å². The highest BCUT2D eigenvalue weighted by Gasteiger charge is 2.20. The first-order valence-electron chi connectivity index (χ1n) is 7.30. The first-order chi connectivity index (χ1) is 8.70. The van der Waals surface area contributed by atoms with Crippen LogP contribution in [0.1, 0.15) is 46.0 Å². The van der Waals surface area contributed by atoms with Crippen LogP contribution in [0.3, 0.4) is 0 Å². The molecule has 0 saturated carbocycles. The van der Waals surface area contributed by atoms with Crippen LogP contribution in [0.2, 0.25) is 0 Å². The van der Waals surface area contributed by atoms with Gasteiger partial charge in [0.05, 0.1) is 6.61 Å². The van der Waals surface area contributed by atoms with Gasteiger partial charge in [0, 0.05) is 19.6 Å². The lowest BCUT2D eigenvalue weighted by atomic mass is 10.0. The maximum atomic E-state index is 11.7. The molecule has 0 radical (unpaired) electrons. The predicted octanol–water partition coefficient (Wildman–Crippen LogP) is 2.12. The first-order valence-corrected chi connectivity index (χ1v) is 7.30. The zero-order chi connectivity index (χ0) is 13.2. The van der Waals surface area contributed by atoms with Gasteiger partial charge in [0.2, 0.25) is 5.91 Å². The van der Waals surface area contributed by atoms with Crippen LogP contribution in [0.4, 0.5) is 0 Å². The summed E-state index contributed by atoms with van der Waals surface area (Å²) in [4.78, 5) is 11.7. The van der Waals surface area contributed by atoms with E-state index >= 15 is 0 Å². The van der Waals surface area contributed by atoms with E-state index < -0.39 is 0 Å². The van der Waals surface area contributed by atoms with E-state index in [0.29, 0.717) is 13.2 Å². The van der Waals surface area contributed by atoms with Crippen molar-refractivity contribution in [3.63, 3.8) is 0 Å². The van der Waals surface area contributed by atoms with E-state index in [1.54, 1.807) is 0 Å². The molecule has 0 bridgehead atoms. The third-order valence-corrected chi connectivity index (χ3v) is 3.23. The Balaban J connectivity index is 0.00000324. The van der Waals surface area contributed by atoms with Gasteiger partial charge in [0.25, 0.3) is 0 Å². The highest BCUT2D eigenvalue weighted by atomic mass is 35.5. The van der Waals surface area contributed by atoms with E-state index in [9.17, 15) is 4.79 Å². The van der Waals surface area contributed by atoms with Crippen LogP contribution in [-0.4, -0.2) is 38.3 Å². The van der Waals surface area contributed by atoms with Crippen LogP contribution >= 0.6 is 12.4 Å². The molecular weight excluding hydrogens is 264 g/mol. The van der Waals surface area contributed by atoms with Gasteiger partial charge in [-0.05, 0) is 12.3 Å². The highest BCUT2D eigenvalue weighted by Crippen LogP contribution is 2.09. The monoisotopic (exact) mass is 292 g/mol. The van der Waals surface area contributed by atoms with Gasteiger partial charge in [-0.1, -0.05) is 39.5 Å². The van der Waals surface area contributed by atoms with Gasteiger partial charge in [-0.3, -0.25) is 4.79 Å². The molecule has 5 heteroatoms. The molecule has 19 heavy (non-hydrogen) atoms. The van der Waals surface area contributed by atoms with Crippen molar-refractivity contribution in [1.82, 2.24) is 10.6 Å². The van der Waals surface area contributed by atoms with E-state index in [1.807, 2.05) is 0 Å². The second-order valence-electron chi connectivity index (χ2n) is 5.45. The number of carbonyl (C=O) groups excluding carboxylic acids is 1. The standard InChI is InChI=1S/C14H28N2O2.ClH/c1-12(2)7-5-3-4-6-8-16-14(17)13-11-15-9-10-18-13;/h12-13,15H,3-11H2,1-2H3,(H,16,17);1H. The molecule has 0 aromatic heterocycles. The number of ether oxygens (including phenoxy) is 1. The molecular formula is C14H29ClN2O2. The van der Waals surface area contributed by atoms with E-state index in [1.165, 1.54) is 25.7 Å². The third-order valence-electron chi connectivity index (χ3n) is 3.23. The van der Waals surface area contributed by atoms with Crippen LogP contribution in [-0.2, 0) is 9.53 Å². The van der Waals surface area contributed by atoms with Crippen LogP contribution in [0.25, 0.3) is 0 Å². The molecule has 1 heterocycles. The summed E-state index contributed by atoms with van der Waals surface area (Å²) in [5.41, 5.74) is 0. The second kappa shape index (κ2) is 11.5. The van der Waals surface area contributed by atoms with Gasteiger partial charge in [-0.25, -0.2) is 0 Å². The van der Waals surface area contributed by atoms with Crippen molar-refractivity contribution in [2.24, 2.45) is 5.92 Å². The Morgan fingerprint density at radius 2 is 2.05 bits per heavy atom. The molecule has 1 aliphatic rings. The van der Waals surface area contributed by atoms with Crippen molar-refractivity contribution >= 4 is 18.3 Å². The summed E-state index contributed by atoms with van der Waals surface area (Å²) in [7, 11) is 0. The molecule has 2 N–H and O–H groups in total. The highest BCUT2D eigenvalue weighted by molar-refractivity contribution is 5.85. The zero-order valence-electron chi connectivity index (χ0n) is 12.2. The first kappa shape index (κ1) is 18.7. The average molecular weight is 293 g/mol. The molecule has 0 aromatic rings. The number of hydrogen-bond acceptors (Lipinski definition) is 3. The minimum Gasteiger partial charge on any atom is -0.366 e. The molecule has 0 aromatic carbocycles. The lowest BCUT2D eigenvalue weighted by Crippen LogP contribution is -2.48. The van der Waals surface area contributed by atoms with E-state index in [-0.39, 0.29) is 24.4 Å². The Bertz CT molecular complexity index is 231. The van der Waals surface area contributed by atoms with Crippen molar-refractivity contribution in [3.05, 3.63) is 0 Å². The Labute approximate surface area is 123 Å². The summed E-state index contributed by atoms with van der Waals surface area (Å²) in [6, 6.07) is 0. The molecule has 1 unspecified atom stereocenters. The van der Waals surface area contributed by atoms with E-state index in [2.05, 4.69) is 24.5 Å². The van der Waals surface area contributed by atoms with E-state index in [0.717, 1.165) is 25.4 Å². The molecule has 1 aliphatic heterocycles. The number of morpholine rings is 1. The number of amides is 1. The molecule has 1 rings (SSSR count). The number of nitrogens with one attached hydrogen (secondary N) is 2. The summed E-state index contributed by atoms with van der Waals surface area (Å²) >= 11 is 0. The lowest BCUT2D eigenvalue weighted by molar-refractivity contribution is -0.134. The Morgan fingerprint density at radius 1 is 1.32 bits per heavy atom.